The molecule has 0 spiro atoms. The second-order valence-corrected chi connectivity index (χ2v) is 3.28. The highest BCUT2D eigenvalue weighted by atomic mass is 35.5. The van der Waals surface area contributed by atoms with E-state index in [1.165, 1.54) is 0 Å². The fourth-order valence-electron chi connectivity index (χ4n) is 0.953. The van der Waals surface area contributed by atoms with Gasteiger partial charge in [-0.2, -0.15) is 0 Å². The van der Waals surface area contributed by atoms with E-state index in [0.29, 0.717) is 10.7 Å². The minimum Gasteiger partial charge on any atom is -0.447 e. The van der Waals surface area contributed by atoms with Gasteiger partial charge in [-0.3, -0.25) is 0 Å². The number of hydrogen-bond acceptors (Lipinski definition) is 3. The van der Waals surface area contributed by atoms with Crippen LogP contribution in [0.1, 0.15) is 6.92 Å². The van der Waals surface area contributed by atoms with Gasteiger partial charge >= 0.3 is 12.1 Å². The van der Waals surface area contributed by atoms with Crippen molar-refractivity contribution in [2.45, 2.75) is 6.92 Å². The van der Waals surface area contributed by atoms with Gasteiger partial charge in [-0.15, -0.1) is 0 Å². The monoisotopic (exact) mass is 255 g/mol. The highest BCUT2D eigenvalue weighted by Gasteiger charge is 2.02. The Morgan fingerprint density at radius 2 is 2.18 bits per heavy atom. The van der Waals surface area contributed by atoms with Gasteiger partial charge in [-0.1, -0.05) is 27.9 Å². The normalized spacial score (nSPS) is 10.2. The second-order valence-electron chi connectivity index (χ2n) is 2.84. The minimum atomic E-state index is -0.909. The summed E-state index contributed by atoms with van der Waals surface area (Å²) in [5.41, 5.74) is 0.463. The molecule has 0 atom stereocenters. The van der Waals surface area contributed by atoms with Gasteiger partial charge in [0.1, 0.15) is 0 Å². The minimum absolute atomic E-state index is 0.174. The first-order chi connectivity index (χ1) is 8.11. The maximum atomic E-state index is 11.2. The molecule has 1 N–H and O–H groups in total. The maximum Gasteiger partial charge on any atom is 0.452 e. The Bertz CT molecular complexity index is 448. The van der Waals surface area contributed by atoms with Crippen LogP contribution < -0.4 is 5.32 Å². The van der Waals surface area contributed by atoms with Gasteiger partial charge in [0, 0.05) is 10.7 Å². The van der Waals surface area contributed by atoms with Gasteiger partial charge in [-0.25, -0.2) is 9.59 Å². The molecule has 0 fully saturated rings. The van der Waals surface area contributed by atoms with Gasteiger partial charge in [0.25, 0.3) is 0 Å². The quantitative estimate of drug-likeness (QED) is 0.822. The average Bonchev–Trinajstić information content (AvgIpc) is 2.27. The van der Waals surface area contributed by atoms with Crippen LogP contribution in [0, 0.1) is 0 Å². The van der Waals surface area contributed by atoms with Crippen molar-refractivity contribution in [3.8, 4) is 0 Å². The van der Waals surface area contributed by atoms with Crippen molar-refractivity contribution in [3.63, 3.8) is 0 Å². The summed E-state index contributed by atoms with van der Waals surface area (Å²) < 4.78 is 4.46. The number of anilines is 1. The molecule has 1 rings (SSSR count). The van der Waals surface area contributed by atoms with E-state index in [9.17, 15) is 9.59 Å². The van der Waals surface area contributed by atoms with E-state index in [1.807, 2.05) is 0 Å². The average molecular weight is 256 g/mol. The Morgan fingerprint density at radius 3 is 2.82 bits per heavy atom. The first-order valence-corrected chi connectivity index (χ1v) is 5.14. The van der Waals surface area contributed by atoms with Crippen LogP contribution in [0.3, 0.4) is 0 Å². The highest BCUT2D eigenvalue weighted by molar-refractivity contribution is 6.30. The van der Waals surface area contributed by atoms with E-state index in [1.54, 1.807) is 31.2 Å². The number of benzene rings is 1. The maximum absolute atomic E-state index is 11.2. The lowest BCUT2D eigenvalue weighted by Gasteiger charge is -2.00. The number of nitrogens with zero attached hydrogens (tertiary/aromatic N) is 2. The van der Waals surface area contributed by atoms with Crippen molar-refractivity contribution in [1.82, 2.24) is 0 Å². The van der Waals surface area contributed by atoms with Crippen LogP contribution in [-0.2, 0) is 4.74 Å². The van der Waals surface area contributed by atoms with Gasteiger partial charge in [0.05, 0.1) is 6.61 Å². The van der Waals surface area contributed by atoms with Crippen molar-refractivity contribution < 1.29 is 14.3 Å². The molecular formula is C10H10ClN3O3. The standard InChI is InChI=1S/C10H10ClN3O3/c1-2-17-10(16)14-13-9(15)12-8-5-3-4-7(11)6-8/h3-6H,2H2,1H3,(H,12,15)/b14-13+. The van der Waals surface area contributed by atoms with E-state index in [2.05, 4.69) is 20.3 Å². The molecule has 0 aliphatic heterocycles. The van der Waals surface area contributed by atoms with Crippen molar-refractivity contribution in [2.24, 2.45) is 10.2 Å². The van der Waals surface area contributed by atoms with Crippen LogP contribution in [0.15, 0.2) is 34.5 Å². The van der Waals surface area contributed by atoms with E-state index >= 15 is 0 Å². The number of azo groups is 1. The second kappa shape index (κ2) is 6.59. The summed E-state index contributed by atoms with van der Waals surface area (Å²) in [4.78, 5) is 22.0. The number of hydrogen-bond donors (Lipinski definition) is 1. The third-order valence-electron chi connectivity index (χ3n) is 1.57. The van der Waals surface area contributed by atoms with Gasteiger partial charge < -0.3 is 10.1 Å². The molecule has 1 aromatic rings. The molecule has 90 valence electrons. The summed E-state index contributed by atoms with van der Waals surface area (Å²) in [5, 5.41) is 9.04. The van der Waals surface area contributed by atoms with Crippen molar-refractivity contribution in [1.29, 1.82) is 0 Å². The van der Waals surface area contributed by atoms with Crippen LogP contribution >= 0.6 is 11.6 Å². The topological polar surface area (TPSA) is 80.1 Å². The summed E-state index contributed by atoms with van der Waals surface area (Å²) >= 11 is 5.72. The molecule has 0 radical (unpaired) electrons. The van der Waals surface area contributed by atoms with E-state index in [4.69, 9.17) is 11.6 Å². The number of carbonyl (C=O) groups is 2. The largest absolute Gasteiger partial charge is 0.452 e. The predicted molar refractivity (Wildman–Crippen MR) is 62.3 cm³/mol. The Morgan fingerprint density at radius 1 is 1.41 bits per heavy atom. The SMILES string of the molecule is CCOC(=O)/N=N/C(=O)Nc1cccc(Cl)c1. The summed E-state index contributed by atoms with van der Waals surface area (Å²) in [6.45, 7) is 1.80. The number of halogens is 1. The molecule has 1 aromatic carbocycles. The Kier molecular flexibility index (Phi) is 5.09. The number of nitrogens with one attached hydrogen (secondary N) is 1. The fourth-order valence-corrected chi connectivity index (χ4v) is 1.14. The molecule has 0 aromatic heterocycles. The lowest BCUT2D eigenvalue weighted by molar-refractivity contribution is 0.161. The third-order valence-corrected chi connectivity index (χ3v) is 1.80. The summed E-state index contributed by atoms with van der Waals surface area (Å²) in [7, 11) is 0. The lowest BCUT2D eigenvalue weighted by atomic mass is 10.3. The lowest BCUT2D eigenvalue weighted by Crippen LogP contribution is -2.06. The number of rotatable bonds is 2. The number of amides is 3. The Labute approximate surface area is 103 Å². The molecule has 3 amide bonds. The molecule has 7 heteroatoms. The van der Waals surface area contributed by atoms with Crippen molar-refractivity contribution in [3.05, 3.63) is 29.3 Å². The third kappa shape index (κ3) is 5.07. The van der Waals surface area contributed by atoms with Crippen LogP contribution in [-0.4, -0.2) is 18.7 Å². The van der Waals surface area contributed by atoms with Gasteiger partial charge in [-0.05, 0) is 25.1 Å². The number of carbonyl (C=O) groups excluding carboxylic acids is 2. The molecule has 0 bridgehead atoms. The zero-order chi connectivity index (χ0) is 12.7. The van der Waals surface area contributed by atoms with Crippen LogP contribution in [0.4, 0.5) is 15.3 Å². The Hall–Kier alpha value is -1.95. The first-order valence-electron chi connectivity index (χ1n) is 4.77. The van der Waals surface area contributed by atoms with Crippen LogP contribution in [0.2, 0.25) is 5.02 Å². The molecule has 0 saturated heterocycles. The number of urea groups is 1. The van der Waals surface area contributed by atoms with E-state index in [-0.39, 0.29) is 6.61 Å². The molecular weight excluding hydrogens is 246 g/mol. The molecule has 0 unspecified atom stereocenters. The Balaban J connectivity index is 2.53. The van der Waals surface area contributed by atoms with Crippen molar-refractivity contribution >= 4 is 29.4 Å². The summed E-state index contributed by atoms with van der Waals surface area (Å²) in [6.07, 6.45) is -0.909. The van der Waals surface area contributed by atoms with Gasteiger partial charge in [0.15, 0.2) is 0 Å². The van der Waals surface area contributed by atoms with E-state index < -0.39 is 12.1 Å². The number of ether oxygens (including phenoxy) is 1. The zero-order valence-electron chi connectivity index (χ0n) is 9.01. The van der Waals surface area contributed by atoms with Crippen LogP contribution in [0.25, 0.3) is 0 Å². The van der Waals surface area contributed by atoms with Gasteiger partial charge in [0.2, 0.25) is 0 Å². The molecule has 17 heavy (non-hydrogen) atoms. The smallest absolute Gasteiger partial charge is 0.447 e. The first kappa shape index (κ1) is 13.1. The van der Waals surface area contributed by atoms with E-state index in [0.717, 1.165) is 0 Å². The molecule has 0 heterocycles. The molecule has 0 aliphatic rings. The highest BCUT2D eigenvalue weighted by Crippen LogP contribution is 2.14. The predicted octanol–water partition coefficient (Wildman–Crippen LogP) is 3.48. The van der Waals surface area contributed by atoms with Crippen molar-refractivity contribution in [2.75, 3.05) is 11.9 Å². The molecule has 0 aliphatic carbocycles. The molecule has 6 nitrogen and oxygen atoms in total. The van der Waals surface area contributed by atoms with Crippen LogP contribution in [0.5, 0.6) is 0 Å². The molecule has 0 saturated carbocycles. The summed E-state index contributed by atoms with van der Waals surface area (Å²) in [6, 6.07) is 5.72. The summed E-state index contributed by atoms with van der Waals surface area (Å²) in [5.74, 6) is 0. The fraction of sp³-hybridized carbons (Fsp3) is 0.200. The zero-order valence-corrected chi connectivity index (χ0v) is 9.77.